The van der Waals surface area contributed by atoms with Gasteiger partial charge in [-0.05, 0) is 52.8 Å². The molecule has 3 aromatic rings. The number of Topliss-reactive ketones (excluding diaryl/α,β-unsaturated/α-hetero) is 1. The number of benzene rings is 3. The maximum atomic E-state index is 13.4. The maximum Gasteiger partial charge on any atom is 0.300 e. The number of ether oxygens (including phenoxy) is 1. The number of anilines is 1. The molecule has 0 aromatic heterocycles. The van der Waals surface area contributed by atoms with Crippen LogP contribution in [0, 0.1) is 0 Å². The normalized spacial score (nSPS) is 17.6. The average molecular weight is 484 g/mol. The van der Waals surface area contributed by atoms with Gasteiger partial charge in [-0.3, -0.25) is 14.5 Å². The Morgan fingerprint density at radius 1 is 0.944 bits per heavy atom. The van der Waals surface area contributed by atoms with Crippen molar-refractivity contribution in [2.24, 2.45) is 0 Å². The van der Waals surface area contributed by atoms with Gasteiger partial charge in [-0.25, -0.2) is 0 Å². The minimum absolute atomic E-state index is 0.0733. The van der Waals surface area contributed by atoms with Crippen LogP contribution in [0.4, 0.5) is 5.69 Å². The number of carbonyl (C=O) groups excluding carboxylic acids is 2. The number of carbonyl (C=O) groups is 2. The van der Waals surface area contributed by atoms with E-state index >= 15 is 0 Å². The third kappa shape index (κ3) is 4.53. The fraction of sp³-hybridized carbons (Fsp3) is 0.290. The summed E-state index contributed by atoms with van der Waals surface area (Å²) >= 11 is 0. The van der Waals surface area contributed by atoms with E-state index in [1.54, 1.807) is 19.2 Å². The summed E-state index contributed by atoms with van der Waals surface area (Å²) in [4.78, 5) is 28.3. The van der Waals surface area contributed by atoms with Gasteiger partial charge in [-0.15, -0.1) is 0 Å². The molecule has 1 fully saturated rings. The molecule has 1 saturated heterocycles. The van der Waals surface area contributed by atoms with Crippen molar-refractivity contribution in [1.82, 2.24) is 0 Å². The van der Waals surface area contributed by atoms with Gasteiger partial charge in [0.25, 0.3) is 11.7 Å². The molecular weight excluding hydrogens is 450 g/mol. The highest BCUT2D eigenvalue weighted by atomic mass is 16.5. The number of rotatable bonds is 5. The number of aliphatic hydroxyl groups excluding tert-OH is 1. The number of hydrogen-bond acceptors (Lipinski definition) is 4. The molecule has 1 unspecified atom stereocenters. The van der Waals surface area contributed by atoms with Crippen LogP contribution in [-0.4, -0.2) is 23.9 Å². The second-order valence-corrected chi connectivity index (χ2v) is 10.5. The molecule has 5 heteroatoms. The van der Waals surface area contributed by atoms with Crippen molar-refractivity contribution in [2.45, 2.75) is 52.0 Å². The van der Waals surface area contributed by atoms with Crippen LogP contribution in [0.2, 0.25) is 0 Å². The van der Waals surface area contributed by atoms with Crippen LogP contribution in [0.1, 0.15) is 68.8 Å². The molecule has 1 aliphatic rings. The summed E-state index contributed by atoms with van der Waals surface area (Å²) in [7, 11) is 1.61. The fourth-order valence-corrected chi connectivity index (χ4v) is 4.67. The molecule has 36 heavy (non-hydrogen) atoms. The quantitative estimate of drug-likeness (QED) is 0.248. The van der Waals surface area contributed by atoms with Crippen molar-refractivity contribution < 1.29 is 19.4 Å². The van der Waals surface area contributed by atoms with Gasteiger partial charge in [0.2, 0.25) is 0 Å². The summed E-state index contributed by atoms with van der Waals surface area (Å²) in [6, 6.07) is 21.6. The summed E-state index contributed by atoms with van der Waals surface area (Å²) in [6.07, 6.45) is 0. The SMILES string of the molecule is COc1ccc(/C(O)=C2/C(=O)C(=O)N(c3ccc(C(C)C)cc3)C2c2ccccc2)cc1C(C)(C)C. The summed E-state index contributed by atoms with van der Waals surface area (Å²) in [6.45, 7) is 10.4. The molecule has 1 atom stereocenters. The lowest BCUT2D eigenvalue weighted by Gasteiger charge is -2.26. The van der Waals surface area contributed by atoms with Gasteiger partial charge in [0.1, 0.15) is 11.5 Å². The van der Waals surface area contributed by atoms with Gasteiger partial charge in [0.15, 0.2) is 0 Å². The van der Waals surface area contributed by atoms with Gasteiger partial charge in [-0.1, -0.05) is 77.1 Å². The number of ketones is 1. The van der Waals surface area contributed by atoms with Crippen LogP contribution in [-0.2, 0) is 15.0 Å². The van der Waals surface area contributed by atoms with E-state index in [9.17, 15) is 14.7 Å². The first-order chi connectivity index (χ1) is 17.0. The Balaban J connectivity index is 1.92. The summed E-state index contributed by atoms with van der Waals surface area (Å²) < 4.78 is 5.53. The van der Waals surface area contributed by atoms with E-state index in [2.05, 4.69) is 34.6 Å². The van der Waals surface area contributed by atoms with Crippen LogP contribution in [0.25, 0.3) is 5.76 Å². The molecule has 1 amide bonds. The minimum Gasteiger partial charge on any atom is -0.507 e. The molecule has 0 aliphatic carbocycles. The lowest BCUT2D eigenvalue weighted by Crippen LogP contribution is -2.29. The number of hydrogen-bond donors (Lipinski definition) is 1. The minimum atomic E-state index is -0.753. The fourth-order valence-electron chi connectivity index (χ4n) is 4.67. The predicted octanol–water partition coefficient (Wildman–Crippen LogP) is 6.74. The summed E-state index contributed by atoms with van der Waals surface area (Å²) in [5, 5.41) is 11.5. The second kappa shape index (κ2) is 9.65. The van der Waals surface area contributed by atoms with E-state index in [4.69, 9.17) is 4.74 Å². The average Bonchev–Trinajstić information content (AvgIpc) is 3.13. The molecule has 0 radical (unpaired) electrons. The van der Waals surface area contributed by atoms with Gasteiger partial charge in [0.05, 0.1) is 18.7 Å². The highest BCUT2D eigenvalue weighted by Gasteiger charge is 2.47. The van der Waals surface area contributed by atoms with Gasteiger partial charge < -0.3 is 9.84 Å². The zero-order chi connectivity index (χ0) is 26.2. The van der Waals surface area contributed by atoms with Crippen LogP contribution in [0.15, 0.2) is 78.4 Å². The van der Waals surface area contributed by atoms with E-state index in [1.165, 1.54) is 4.90 Å². The van der Waals surface area contributed by atoms with Crippen LogP contribution in [0.5, 0.6) is 5.75 Å². The number of nitrogens with zero attached hydrogens (tertiary/aromatic N) is 1. The smallest absolute Gasteiger partial charge is 0.300 e. The number of methoxy groups -OCH3 is 1. The Morgan fingerprint density at radius 2 is 1.58 bits per heavy atom. The van der Waals surface area contributed by atoms with E-state index in [0.717, 1.165) is 16.7 Å². The van der Waals surface area contributed by atoms with Crippen molar-refractivity contribution in [1.29, 1.82) is 0 Å². The van der Waals surface area contributed by atoms with Crippen molar-refractivity contribution in [3.05, 3.63) is 101 Å². The molecule has 5 nitrogen and oxygen atoms in total. The molecule has 0 spiro atoms. The molecule has 0 bridgehead atoms. The summed E-state index contributed by atoms with van der Waals surface area (Å²) in [5.74, 6) is -0.526. The Morgan fingerprint density at radius 3 is 2.14 bits per heavy atom. The molecule has 0 saturated carbocycles. The van der Waals surface area contributed by atoms with Gasteiger partial charge >= 0.3 is 0 Å². The highest BCUT2D eigenvalue weighted by molar-refractivity contribution is 6.51. The monoisotopic (exact) mass is 483 g/mol. The van der Waals surface area contributed by atoms with Crippen molar-refractivity contribution in [3.63, 3.8) is 0 Å². The van der Waals surface area contributed by atoms with Gasteiger partial charge in [-0.2, -0.15) is 0 Å². The lowest BCUT2D eigenvalue weighted by molar-refractivity contribution is -0.132. The van der Waals surface area contributed by atoms with E-state index in [-0.39, 0.29) is 16.7 Å². The Kier molecular flexibility index (Phi) is 6.77. The van der Waals surface area contributed by atoms with E-state index in [1.807, 2.05) is 60.7 Å². The number of amides is 1. The van der Waals surface area contributed by atoms with Crippen LogP contribution in [0.3, 0.4) is 0 Å². The molecule has 1 heterocycles. The largest absolute Gasteiger partial charge is 0.507 e. The molecular formula is C31H33NO4. The lowest BCUT2D eigenvalue weighted by atomic mass is 9.84. The third-order valence-corrected chi connectivity index (χ3v) is 6.68. The molecule has 1 N–H and O–H groups in total. The Labute approximate surface area is 213 Å². The van der Waals surface area contributed by atoms with E-state index in [0.29, 0.717) is 22.9 Å². The first-order valence-electron chi connectivity index (χ1n) is 12.2. The first-order valence-corrected chi connectivity index (χ1v) is 12.2. The molecule has 4 rings (SSSR count). The predicted molar refractivity (Wildman–Crippen MR) is 143 cm³/mol. The van der Waals surface area contributed by atoms with Crippen LogP contribution >= 0.6 is 0 Å². The zero-order valence-corrected chi connectivity index (χ0v) is 21.7. The van der Waals surface area contributed by atoms with Crippen LogP contribution < -0.4 is 9.64 Å². The third-order valence-electron chi connectivity index (χ3n) is 6.68. The zero-order valence-electron chi connectivity index (χ0n) is 21.7. The van der Waals surface area contributed by atoms with Crippen molar-refractivity contribution >= 4 is 23.1 Å². The van der Waals surface area contributed by atoms with Gasteiger partial charge in [0, 0.05) is 16.8 Å². The number of aliphatic hydroxyl groups is 1. The topological polar surface area (TPSA) is 66.8 Å². The Bertz CT molecular complexity index is 1310. The Hall–Kier alpha value is -3.86. The molecule has 186 valence electrons. The van der Waals surface area contributed by atoms with E-state index < -0.39 is 17.7 Å². The molecule has 1 aliphatic heterocycles. The second-order valence-electron chi connectivity index (χ2n) is 10.5. The maximum absolute atomic E-state index is 13.4. The molecule has 3 aromatic carbocycles. The summed E-state index contributed by atoms with van der Waals surface area (Å²) in [5.41, 5.74) is 3.67. The first kappa shape index (κ1) is 25.2. The highest BCUT2D eigenvalue weighted by Crippen LogP contribution is 2.43. The van der Waals surface area contributed by atoms with Crippen molar-refractivity contribution in [2.75, 3.05) is 12.0 Å². The standard InChI is InChI=1S/C31H33NO4/c1-19(2)20-12-15-23(16-13-20)32-27(21-10-8-7-9-11-21)26(29(34)30(32)35)28(33)22-14-17-25(36-6)24(18-22)31(3,4)5/h7-19,27,33H,1-6H3/b28-26-. The van der Waals surface area contributed by atoms with Crippen molar-refractivity contribution in [3.8, 4) is 5.75 Å².